The molecular formula is C63H71NO10P2. The molecule has 8 aromatic rings. The molecule has 0 saturated heterocycles. The van der Waals surface area contributed by atoms with E-state index in [1.807, 2.05) is 109 Å². The number of carbonyl (C=O) groups excluding carboxylic acids is 1. The Morgan fingerprint density at radius 1 is 0.487 bits per heavy atom. The average Bonchev–Trinajstić information content (AvgIpc) is 3.52. The standard InChI is InChI=1S/C63H71NO10P2/c1-18-37-23-21-22-26-53(37)64-59(65)48-27-38-24-19-20-25-39(38)28-54(48)70-75(64)71-55-44(29-40(66-14)33-49(55)60(2,3)4)45-30-41(67-15)34-50(61(5,6)7)56(45)72-76-73-57-46(31-42(68-16)35-51(57)62(8,9)10)47-32-43(69-17)36-52(58(47)74-76)63(11,12)13/h19-36H,18H2,1-17H3. The van der Waals surface area contributed by atoms with Gasteiger partial charge in [0.1, 0.15) is 51.4 Å². The molecule has 0 fully saturated rings. The summed E-state index contributed by atoms with van der Waals surface area (Å²) in [5, 5.41) is 3.45. The van der Waals surface area contributed by atoms with Gasteiger partial charge in [-0.25, -0.2) is 4.67 Å². The maximum absolute atomic E-state index is 15.3. The highest BCUT2D eigenvalue weighted by atomic mass is 31.2. The van der Waals surface area contributed by atoms with Crippen LogP contribution in [-0.4, -0.2) is 34.3 Å². The van der Waals surface area contributed by atoms with Gasteiger partial charge in [-0.05, 0) is 111 Å². The molecule has 1 amide bonds. The van der Waals surface area contributed by atoms with Gasteiger partial charge < -0.3 is 40.9 Å². The largest absolute Gasteiger partial charge is 0.497 e. The molecule has 1 aliphatic heterocycles. The van der Waals surface area contributed by atoms with E-state index < -0.39 is 38.4 Å². The number of para-hydroxylation sites is 1. The van der Waals surface area contributed by atoms with E-state index >= 15 is 4.79 Å². The van der Waals surface area contributed by atoms with Crippen LogP contribution in [-0.2, 0) is 28.1 Å². The zero-order chi connectivity index (χ0) is 54.8. The molecule has 0 bridgehead atoms. The topological polar surface area (TPSA) is 111 Å². The summed E-state index contributed by atoms with van der Waals surface area (Å²) in [5.41, 5.74) is 6.14. The zero-order valence-corrected chi connectivity index (χ0v) is 48.8. The van der Waals surface area contributed by atoms with E-state index in [-0.39, 0.29) is 5.91 Å². The number of amides is 1. The molecule has 1 unspecified atom stereocenters. The van der Waals surface area contributed by atoms with Crippen molar-refractivity contribution >= 4 is 61.1 Å². The van der Waals surface area contributed by atoms with Gasteiger partial charge in [0, 0.05) is 44.2 Å². The number of rotatable bonds is 11. The highest BCUT2D eigenvalue weighted by molar-refractivity contribution is 7.51. The Morgan fingerprint density at radius 3 is 1.37 bits per heavy atom. The minimum atomic E-state index is -2.31. The Kier molecular flexibility index (Phi) is 14.4. The zero-order valence-electron chi connectivity index (χ0n) is 47.0. The van der Waals surface area contributed by atoms with E-state index in [1.54, 1.807) is 33.1 Å². The minimum absolute atomic E-state index is 0.225. The van der Waals surface area contributed by atoms with E-state index in [9.17, 15) is 0 Å². The van der Waals surface area contributed by atoms with Crippen molar-refractivity contribution in [3.63, 3.8) is 0 Å². The lowest BCUT2D eigenvalue weighted by Crippen LogP contribution is -2.34. The molecule has 0 saturated carbocycles. The second-order valence-corrected chi connectivity index (χ2v) is 25.7. The van der Waals surface area contributed by atoms with Gasteiger partial charge in [0.15, 0.2) is 0 Å². The molecular weight excluding hydrogens is 993 g/mol. The SMILES string of the molecule is CCc1ccccc1N1C(=O)c2cc3ccccc3cc2OP1Oc1c(-c2cc(OC)cc(C(C)(C)C)c2Op2oc3c(C(C)(C)C)cc(OC)cc3c3cc(OC)cc(C(C)(C)C)c3o2)cc(OC)cc1C(C)(C)C. The number of hydrogen-bond donors (Lipinski definition) is 0. The number of anilines is 1. The van der Waals surface area contributed by atoms with Crippen LogP contribution in [0.5, 0.6) is 40.2 Å². The lowest BCUT2D eigenvalue weighted by Gasteiger charge is -2.36. The van der Waals surface area contributed by atoms with Crippen LogP contribution in [0.1, 0.15) is 128 Å². The van der Waals surface area contributed by atoms with Gasteiger partial charge in [0.25, 0.3) is 5.91 Å². The predicted molar refractivity (Wildman–Crippen MR) is 310 cm³/mol. The van der Waals surface area contributed by atoms with Crippen LogP contribution in [0.15, 0.2) is 118 Å². The summed E-state index contributed by atoms with van der Waals surface area (Å²) in [7, 11) is 2.11. The molecule has 0 N–H and O–H groups in total. The normalized spacial score (nSPS) is 14.1. The van der Waals surface area contributed by atoms with Gasteiger partial charge in [-0.3, -0.25) is 4.79 Å². The number of carbonyl (C=O) groups is 1. The molecule has 2 heterocycles. The third-order valence-corrected chi connectivity index (χ3v) is 16.3. The molecule has 0 spiro atoms. The Hall–Kier alpha value is -6.80. The first-order chi connectivity index (χ1) is 35.9. The minimum Gasteiger partial charge on any atom is -0.497 e. The van der Waals surface area contributed by atoms with E-state index in [0.29, 0.717) is 80.2 Å². The first-order valence-electron chi connectivity index (χ1n) is 25.7. The number of benzene rings is 7. The second-order valence-electron chi connectivity index (χ2n) is 23.4. The van der Waals surface area contributed by atoms with Crippen LogP contribution in [0.3, 0.4) is 0 Å². The first kappa shape index (κ1) is 54.0. The molecule has 0 radical (unpaired) electrons. The summed E-state index contributed by atoms with van der Waals surface area (Å²) in [4.78, 5) is 15.3. The summed E-state index contributed by atoms with van der Waals surface area (Å²) in [6.45, 7) is 27.8. The highest BCUT2D eigenvalue weighted by Gasteiger charge is 2.42. The summed E-state index contributed by atoms with van der Waals surface area (Å²) >= 11 is 0. The average molecular weight is 1060 g/mol. The molecule has 398 valence electrons. The number of aryl methyl sites for hydroxylation is 1. The predicted octanol–water partition coefficient (Wildman–Crippen LogP) is 18.1. The quantitative estimate of drug-likeness (QED) is 0.116. The second kappa shape index (κ2) is 20.3. The van der Waals surface area contributed by atoms with Gasteiger partial charge in [0.05, 0.1) is 39.7 Å². The number of nitrogens with zero attached hydrogens (tertiary/aromatic N) is 1. The van der Waals surface area contributed by atoms with Crippen molar-refractivity contribution in [1.29, 1.82) is 0 Å². The van der Waals surface area contributed by atoms with Crippen molar-refractivity contribution < 1.29 is 45.7 Å². The molecule has 7 aromatic carbocycles. The summed E-state index contributed by atoms with van der Waals surface area (Å²) in [6.07, 6.45) is 0.673. The third-order valence-electron chi connectivity index (χ3n) is 13.9. The smallest absolute Gasteiger partial charge is 0.453 e. The lowest BCUT2D eigenvalue weighted by atomic mass is 9.81. The fourth-order valence-corrected chi connectivity index (χ4v) is 12.4. The summed E-state index contributed by atoms with van der Waals surface area (Å²) < 4.78 is 62.6. The molecule has 11 nitrogen and oxygen atoms in total. The maximum atomic E-state index is 15.3. The molecule has 1 atom stereocenters. The van der Waals surface area contributed by atoms with E-state index in [1.165, 1.54) is 0 Å². The van der Waals surface area contributed by atoms with Gasteiger partial charge in [-0.2, -0.15) is 0 Å². The number of ether oxygens (including phenoxy) is 4. The lowest BCUT2D eigenvalue weighted by molar-refractivity contribution is 0.0995. The monoisotopic (exact) mass is 1060 g/mol. The van der Waals surface area contributed by atoms with Crippen molar-refractivity contribution in [2.75, 3.05) is 33.1 Å². The van der Waals surface area contributed by atoms with Crippen LogP contribution in [0, 0.1) is 0 Å². The number of methoxy groups -OCH3 is 4. The summed E-state index contributed by atoms with van der Waals surface area (Å²) in [6, 6.07) is 35.7. The van der Waals surface area contributed by atoms with Gasteiger partial charge in [0.2, 0.25) is 0 Å². The van der Waals surface area contributed by atoms with Crippen LogP contribution in [0.2, 0.25) is 0 Å². The van der Waals surface area contributed by atoms with Crippen LogP contribution in [0.4, 0.5) is 5.69 Å². The van der Waals surface area contributed by atoms with Crippen molar-refractivity contribution in [2.45, 2.75) is 118 Å². The Morgan fingerprint density at radius 2 is 0.908 bits per heavy atom. The fraction of sp³-hybridized carbons (Fsp3) is 0.349. The van der Waals surface area contributed by atoms with Crippen molar-refractivity contribution in [3.8, 4) is 51.4 Å². The molecule has 9 rings (SSSR count). The Labute approximate surface area is 450 Å². The Balaban J connectivity index is 1.37. The van der Waals surface area contributed by atoms with E-state index in [0.717, 1.165) is 49.4 Å². The van der Waals surface area contributed by atoms with Crippen molar-refractivity contribution in [1.82, 2.24) is 0 Å². The van der Waals surface area contributed by atoms with E-state index in [2.05, 4.69) is 90.0 Å². The first-order valence-corrected chi connectivity index (χ1v) is 27.9. The van der Waals surface area contributed by atoms with Crippen molar-refractivity contribution in [3.05, 3.63) is 143 Å². The van der Waals surface area contributed by atoms with E-state index in [4.69, 9.17) is 40.9 Å². The molecule has 1 aliphatic rings. The van der Waals surface area contributed by atoms with Crippen LogP contribution >= 0.6 is 16.8 Å². The van der Waals surface area contributed by atoms with Gasteiger partial charge in [-0.1, -0.05) is 132 Å². The molecule has 13 heteroatoms. The van der Waals surface area contributed by atoms with Gasteiger partial charge in [-0.15, -0.1) is 0 Å². The highest BCUT2D eigenvalue weighted by Crippen LogP contribution is 2.59. The fourth-order valence-electron chi connectivity index (χ4n) is 9.71. The van der Waals surface area contributed by atoms with Crippen molar-refractivity contribution in [2.24, 2.45) is 0 Å². The van der Waals surface area contributed by atoms with Crippen LogP contribution < -0.4 is 37.2 Å². The summed E-state index contributed by atoms with van der Waals surface area (Å²) in [5.74, 6) is 3.70. The number of fused-ring (bicyclic) bond motifs is 5. The molecule has 1 aromatic heterocycles. The molecule has 76 heavy (non-hydrogen) atoms. The third kappa shape index (κ3) is 10.3. The van der Waals surface area contributed by atoms with Crippen LogP contribution in [0.25, 0.3) is 43.8 Å². The van der Waals surface area contributed by atoms with Gasteiger partial charge >= 0.3 is 16.8 Å². The maximum Gasteiger partial charge on any atom is 0.453 e. The number of hydrogen-bond acceptors (Lipinski definition) is 10. The Bertz CT molecular complexity index is 3510. The molecule has 0 aliphatic carbocycles.